The molecule has 3 N–H and O–H groups in total. The molecule has 2 rings (SSSR count). The van der Waals surface area contributed by atoms with E-state index >= 15 is 0 Å². The second-order valence-electron chi connectivity index (χ2n) is 5.53. The summed E-state index contributed by atoms with van der Waals surface area (Å²) >= 11 is 0. The topological polar surface area (TPSA) is 55.1 Å². The van der Waals surface area contributed by atoms with Crippen molar-refractivity contribution in [3.05, 3.63) is 24.3 Å². The van der Waals surface area contributed by atoms with Crippen LogP contribution in [0.25, 0.3) is 0 Å². The van der Waals surface area contributed by atoms with E-state index in [1.165, 1.54) is 38.5 Å². The molecule has 1 aliphatic carbocycles. The standard InChI is InChI=1S/C16H24N2O/c17-14-10-4-5-11-15(14)18-16(19)12-6-9-13-7-2-1-3-8-13/h4-5,10-11,13H,1-3,6-9,12,17H2,(H,18,19). The van der Waals surface area contributed by atoms with Crippen molar-refractivity contribution in [3.8, 4) is 0 Å². The van der Waals surface area contributed by atoms with Crippen LogP contribution < -0.4 is 11.1 Å². The Kier molecular flexibility index (Phi) is 5.25. The highest BCUT2D eigenvalue weighted by Crippen LogP contribution is 2.27. The van der Waals surface area contributed by atoms with Gasteiger partial charge in [-0.3, -0.25) is 4.79 Å². The van der Waals surface area contributed by atoms with Crippen LogP contribution in [0.1, 0.15) is 51.4 Å². The summed E-state index contributed by atoms with van der Waals surface area (Å²) in [7, 11) is 0. The fourth-order valence-electron chi connectivity index (χ4n) is 2.85. The van der Waals surface area contributed by atoms with Crippen molar-refractivity contribution in [3.63, 3.8) is 0 Å². The van der Waals surface area contributed by atoms with Gasteiger partial charge in [-0.05, 0) is 30.9 Å². The zero-order chi connectivity index (χ0) is 13.5. The van der Waals surface area contributed by atoms with E-state index in [0.29, 0.717) is 12.1 Å². The van der Waals surface area contributed by atoms with Crippen LogP contribution in [-0.2, 0) is 4.79 Å². The number of hydrogen-bond donors (Lipinski definition) is 2. The Balaban J connectivity index is 1.68. The number of carbonyl (C=O) groups excluding carboxylic acids is 1. The minimum absolute atomic E-state index is 0.0775. The van der Waals surface area contributed by atoms with Crippen LogP contribution in [0, 0.1) is 5.92 Å². The molecule has 1 aliphatic rings. The van der Waals surface area contributed by atoms with Gasteiger partial charge in [0.05, 0.1) is 11.4 Å². The molecule has 0 spiro atoms. The maximum Gasteiger partial charge on any atom is 0.224 e. The molecule has 0 aliphatic heterocycles. The van der Waals surface area contributed by atoms with Crippen LogP contribution >= 0.6 is 0 Å². The highest BCUT2D eigenvalue weighted by Gasteiger charge is 2.13. The lowest BCUT2D eigenvalue weighted by atomic mass is 9.86. The molecule has 0 saturated heterocycles. The van der Waals surface area contributed by atoms with Gasteiger partial charge in [0.1, 0.15) is 0 Å². The molecule has 0 unspecified atom stereocenters. The van der Waals surface area contributed by atoms with Crippen LogP contribution in [0.15, 0.2) is 24.3 Å². The molecule has 0 radical (unpaired) electrons. The van der Waals surface area contributed by atoms with E-state index in [1.54, 1.807) is 6.07 Å². The van der Waals surface area contributed by atoms with E-state index in [1.807, 2.05) is 18.2 Å². The average Bonchev–Trinajstić information content (AvgIpc) is 2.43. The number of nitrogens with two attached hydrogens (primary N) is 1. The van der Waals surface area contributed by atoms with Gasteiger partial charge >= 0.3 is 0 Å². The second kappa shape index (κ2) is 7.17. The summed E-state index contributed by atoms with van der Waals surface area (Å²) in [6, 6.07) is 7.40. The average molecular weight is 260 g/mol. The largest absolute Gasteiger partial charge is 0.397 e. The minimum Gasteiger partial charge on any atom is -0.397 e. The first-order valence-electron chi connectivity index (χ1n) is 7.40. The molecule has 1 fully saturated rings. The Labute approximate surface area is 115 Å². The highest BCUT2D eigenvalue weighted by molar-refractivity contribution is 5.93. The van der Waals surface area contributed by atoms with Gasteiger partial charge in [-0.2, -0.15) is 0 Å². The Hall–Kier alpha value is -1.51. The molecule has 0 aromatic heterocycles. The summed E-state index contributed by atoms with van der Waals surface area (Å²) in [5.74, 6) is 0.928. The van der Waals surface area contributed by atoms with Gasteiger partial charge in [0.15, 0.2) is 0 Å². The molecule has 1 aromatic rings. The van der Waals surface area contributed by atoms with Gasteiger partial charge in [0, 0.05) is 6.42 Å². The third kappa shape index (κ3) is 4.58. The number of rotatable bonds is 5. The maximum atomic E-state index is 11.8. The first kappa shape index (κ1) is 13.9. The predicted octanol–water partition coefficient (Wildman–Crippen LogP) is 3.96. The van der Waals surface area contributed by atoms with Crippen molar-refractivity contribution in [2.75, 3.05) is 11.1 Å². The first-order chi connectivity index (χ1) is 9.25. The lowest BCUT2D eigenvalue weighted by Crippen LogP contribution is -2.13. The Bertz CT molecular complexity index is 411. The second-order valence-corrected chi connectivity index (χ2v) is 5.53. The van der Waals surface area contributed by atoms with Crippen molar-refractivity contribution in [1.82, 2.24) is 0 Å². The molecular weight excluding hydrogens is 236 g/mol. The maximum absolute atomic E-state index is 11.8. The van der Waals surface area contributed by atoms with E-state index in [0.717, 1.165) is 18.0 Å². The smallest absolute Gasteiger partial charge is 0.224 e. The van der Waals surface area contributed by atoms with Crippen molar-refractivity contribution in [2.45, 2.75) is 51.4 Å². The van der Waals surface area contributed by atoms with Crippen molar-refractivity contribution in [1.29, 1.82) is 0 Å². The summed E-state index contributed by atoms with van der Waals surface area (Å²) in [5, 5.41) is 2.88. The Morgan fingerprint density at radius 2 is 1.95 bits per heavy atom. The van der Waals surface area contributed by atoms with Gasteiger partial charge < -0.3 is 11.1 Å². The fourth-order valence-corrected chi connectivity index (χ4v) is 2.85. The zero-order valence-electron chi connectivity index (χ0n) is 11.5. The molecule has 1 aromatic carbocycles. The number of nitrogen functional groups attached to an aromatic ring is 1. The quantitative estimate of drug-likeness (QED) is 0.787. The number of hydrogen-bond acceptors (Lipinski definition) is 2. The summed E-state index contributed by atoms with van der Waals surface area (Å²) in [4.78, 5) is 11.8. The van der Waals surface area contributed by atoms with Gasteiger partial charge in [-0.25, -0.2) is 0 Å². The molecule has 0 atom stereocenters. The molecule has 19 heavy (non-hydrogen) atoms. The fraction of sp³-hybridized carbons (Fsp3) is 0.562. The highest BCUT2D eigenvalue weighted by atomic mass is 16.1. The SMILES string of the molecule is Nc1ccccc1NC(=O)CCCC1CCCCC1. The van der Waals surface area contributed by atoms with Crippen LogP contribution in [0.3, 0.4) is 0 Å². The minimum atomic E-state index is 0.0775. The number of para-hydroxylation sites is 2. The third-order valence-corrected chi connectivity index (χ3v) is 3.98. The van der Waals surface area contributed by atoms with Crippen LogP contribution in [0.2, 0.25) is 0 Å². The van der Waals surface area contributed by atoms with Gasteiger partial charge in [-0.15, -0.1) is 0 Å². The third-order valence-electron chi connectivity index (χ3n) is 3.98. The number of nitrogens with one attached hydrogen (secondary N) is 1. The van der Waals surface area contributed by atoms with Gasteiger partial charge in [0.25, 0.3) is 0 Å². The monoisotopic (exact) mass is 260 g/mol. The van der Waals surface area contributed by atoms with Crippen LogP contribution in [0.4, 0.5) is 11.4 Å². The molecule has 0 bridgehead atoms. The zero-order valence-corrected chi connectivity index (χ0v) is 11.5. The summed E-state index contributed by atoms with van der Waals surface area (Å²) < 4.78 is 0. The number of anilines is 2. The first-order valence-corrected chi connectivity index (χ1v) is 7.40. The van der Waals surface area contributed by atoms with Gasteiger partial charge in [0.2, 0.25) is 5.91 Å². The molecule has 0 heterocycles. The lowest BCUT2D eigenvalue weighted by Gasteiger charge is -2.21. The molecule has 104 valence electrons. The van der Waals surface area contributed by atoms with E-state index < -0.39 is 0 Å². The summed E-state index contributed by atoms with van der Waals surface area (Å²) in [5.41, 5.74) is 7.15. The van der Waals surface area contributed by atoms with Crippen LogP contribution in [0.5, 0.6) is 0 Å². The van der Waals surface area contributed by atoms with Crippen molar-refractivity contribution in [2.24, 2.45) is 5.92 Å². The summed E-state index contributed by atoms with van der Waals surface area (Å²) in [6.07, 6.45) is 9.63. The van der Waals surface area contributed by atoms with E-state index in [9.17, 15) is 4.79 Å². The van der Waals surface area contributed by atoms with Gasteiger partial charge in [-0.1, -0.05) is 44.2 Å². The predicted molar refractivity (Wildman–Crippen MR) is 79.9 cm³/mol. The molecular formula is C16H24N2O. The van der Waals surface area contributed by atoms with Crippen molar-refractivity contribution >= 4 is 17.3 Å². The number of benzene rings is 1. The normalized spacial score (nSPS) is 16.2. The molecule has 3 heteroatoms. The molecule has 1 amide bonds. The van der Waals surface area contributed by atoms with E-state index in [-0.39, 0.29) is 5.91 Å². The van der Waals surface area contributed by atoms with Crippen molar-refractivity contribution < 1.29 is 4.79 Å². The molecule has 1 saturated carbocycles. The van der Waals surface area contributed by atoms with E-state index in [2.05, 4.69) is 5.32 Å². The summed E-state index contributed by atoms with van der Waals surface area (Å²) in [6.45, 7) is 0. The van der Waals surface area contributed by atoms with Crippen LogP contribution in [-0.4, -0.2) is 5.91 Å². The number of carbonyl (C=O) groups is 1. The number of amides is 1. The van der Waals surface area contributed by atoms with E-state index in [4.69, 9.17) is 5.73 Å². The molecule has 3 nitrogen and oxygen atoms in total. The Morgan fingerprint density at radius 3 is 2.68 bits per heavy atom. The lowest BCUT2D eigenvalue weighted by molar-refractivity contribution is -0.116. The Morgan fingerprint density at radius 1 is 1.21 bits per heavy atom.